The average molecular weight is 407 g/mol. The van der Waals surface area contributed by atoms with E-state index in [-0.39, 0.29) is 17.1 Å². The molecule has 0 aliphatic rings. The molecule has 0 radical (unpaired) electrons. The first-order chi connectivity index (χ1) is 11.9. The summed E-state index contributed by atoms with van der Waals surface area (Å²) in [6, 6.07) is 10.1. The second kappa shape index (κ2) is 7.28. The van der Waals surface area contributed by atoms with Crippen molar-refractivity contribution in [3.63, 3.8) is 0 Å². The summed E-state index contributed by atoms with van der Waals surface area (Å²) in [7, 11) is -7.46. The van der Waals surface area contributed by atoms with Gasteiger partial charge in [-0.15, -0.1) is 0 Å². The zero-order chi connectivity index (χ0) is 19.6. The fourth-order valence-electron chi connectivity index (χ4n) is 2.21. The Balaban J connectivity index is 2.22. The molecule has 0 aliphatic heterocycles. The summed E-state index contributed by atoms with van der Waals surface area (Å²) in [6.07, 6.45) is -3.98. The molecule has 0 heterocycles. The molecule has 0 saturated carbocycles. The molecule has 2 aromatic carbocycles. The Morgan fingerprint density at radius 1 is 0.923 bits per heavy atom. The lowest BCUT2D eigenvalue weighted by molar-refractivity contribution is -0.137. The molecule has 0 spiro atoms. The molecule has 142 valence electrons. The van der Waals surface area contributed by atoms with Gasteiger partial charge in [0.15, 0.2) is 19.7 Å². The number of hydrogen-bond acceptors (Lipinski definition) is 5. The van der Waals surface area contributed by atoms with Gasteiger partial charge in [0.25, 0.3) is 0 Å². The summed E-state index contributed by atoms with van der Waals surface area (Å²) in [5, 5.41) is 2.43. The molecular weight excluding hydrogens is 391 g/mol. The molecule has 0 fully saturated rings. The third kappa shape index (κ3) is 4.98. The summed E-state index contributed by atoms with van der Waals surface area (Å²) in [5.74, 6) is -0.415. The lowest BCUT2D eigenvalue weighted by Gasteiger charge is -2.16. The van der Waals surface area contributed by atoms with Gasteiger partial charge in [0.2, 0.25) is 0 Å². The summed E-state index contributed by atoms with van der Waals surface area (Å²) in [6.45, 7) is -0.265. The predicted octanol–water partition coefficient (Wildman–Crippen LogP) is 2.99. The van der Waals surface area contributed by atoms with E-state index in [1.807, 2.05) is 0 Å². The van der Waals surface area contributed by atoms with Crippen LogP contribution in [0, 0.1) is 0 Å². The molecule has 5 nitrogen and oxygen atoms in total. The van der Waals surface area contributed by atoms with E-state index in [1.54, 1.807) is 18.2 Å². The van der Waals surface area contributed by atoms with Gasteiger partial charge in [-0.3, -0.25) is 0 Å². The minimum absolute atomic E-state index is 0.0743. The molecule has 0 saturated heterocycles. The largest absolute Gasteiger partial charge is 0.418 e. The fourth-order valence-corrected chi connectivity index (χ4v) is 4.03. The third-order valence-corrected chi connectivity index (χ3v) is 6.36. The highest BCUT2D eigenvalue weighted by Crippen LogP contribution is 2.36. The van der Waals surface area contributed by atoms with Crippen molar-refractivity contribution in [1.29, 1.82) is 0 Å². The van der Waals surface area contributed by atoms with Crippen LogP contribution in [0.1, 0.15) is 5.56 Å². The maximum atomic E-state index is 13.2. The van der Waals surface area contributed by atoms with E-state index in [0.29, 0.717) is 6.07 Å². The van der Waals surface area contributed by atoms with Gasteiger partial charge in [-0.1, -0.05) is 18.2 Å². The van der Waals surface area contributed by atoms with Crippen molar-refractivity contribution in [2.24, 2.45) is 0 Å². The van der Waals surface area contributed by atoms with Crippen LogP contribution in [0.3, 0.4) is 0 Å². The van der Waals surface area contributed by atoms with E-state index < -0.39 is 42.1 Å². The van der Waals surface area contributed by atoms with Gasteiger partial charge in [-0.2, -0.15) is 13.2 Å². The molecule has 26 heavy (non-hydrogen) atoms. The Labute approximate surface area is 149 Å². The maximum Gasteiger partial charge on any atom is 0.418 e. The number of hydrogen-bond donors (Lipinski definition) is 1. The first kappa shape index (κ1) is 20.2. The predicted molar refractivity (Wildman–Crippen MR) is 91.5 cm³/mol. The Kier molecular flexibility index (Phi) is 5.67. The summed E-state index contributed by atoms with van der Waals surface area (Å²) in [5.41, 5.74) is -1.55. The standard InChI is InChI=1S/C16H16F3NO4S2/c1-25(21,22)13-7-8-15(14(11-13)16(17,18)19)20-9-10-26(23,24)12-5-3-2-4-6-12/h2-8,11,20H,9-10H2,1H3. The fraction of sp³-hybridized carbons (Fsp3) is 0.250. The minimum atomic E-state index is -4.79. The topological polar surface area (TPSA) is 80.3 Å². The average Bonchev–Trinajstić information content (AvgIpc) is 2.54. The van der Waals surface area contributed by atoms with Crippen molar-refractivity contribution >= 4 is 25.4 Å². The number of benzene rings is 2. The Hall–Kier alpha value is -2.07. The van der Waals surface area contributed by atoms with Crippen LogP contribution in [0.2, 0.25) is 0 Å². The van der Waals surface area contributed by atoms with E-state index in [1.165, 1.54) is 12.1 Å². The Bertz CT molecular complexity index is 986. The van der Waals surface area contributed by atoms with Gasteiger partial charge >= 0.3 is 6.18 Å². The van der Waals surface area contributed by atoms with Crippen LogP contribution < -0.4 is 5.32 Å². The molecule has 0 aromatic heterocycles. The van der Waals surface area contributed by atoms with Gasteiger partial charge in [0, 0.05) is 18.5 Å². The van der Waals surface area contributed by atoms with Gasteiger partial charge in [0.05, 0.1) is 21.1 Å². The van der Waals surface area contributed by atoms with Crippen LogP contribution >= 0.6 is 0 Å². The lowest BCUT2D eigenvalue weighted by atomic mass is 10.1. The highest BCUT2D eigenvalue weighted by molar-refractivity contribution is 7.91. The van der Waals surface area contributed by atoms with Crippen molar-refractivity contribution in [2.45, 2.75) is 16.0 Å². The monoisotopic (exact) mass is 407 g/mol. The molecule has 0 aliphatic carbocycles. The molecule has 0 unspecified atom stereocenters. The van der Waals surface area contributed by atoms with Crippen LogP contribution in [-0.4, -0.2) is 35.4 Å². The highest BCUT2D eigenvalue weighted by Gasteiger charge is 2.34. The van der Waals surface area contributed by atoms with Crippen molar-refractivity contribution < 1.29 is 30.0 Å². The van der Waals surface area contributed by atoms with E-state index in [0.717, 1.165) is 18.4 Å². The van der Waals surface area contributed by atoms with Crippen molar-refractivity contribution in [3.8, 4) is 0 Å². The summed E-state index contributed by atoms with van der Waals surface area (Å²) < 4.78 is 86.8. The molecule has 2 rings (SSSR count). The Morgan fingerprint density at radius 2 is 1.54 bits per heavy atom. The maximum absolute atomic E-state index is 13.2. The van der Waals surface area contributed by atoms with Gasteiger partial charge in [-0.25, -0.2) is 16.8 Å². The molecule has 2 aromatic rings. The zero-order valence-corrected chi connectivity index (χ0v) is 15.2. The number of rotatable bonds is 6. The van der Waals surface area contributed by atoms with Crippen LogP contribution in [0.4, 0.5) is 18.9 Å². The van der Waals surface area contributed by atoms with Gasteiger partial charge < -0.3 is 5.32 Å². The zero-order valence-electron chi connectivity index (χ0n) is 13.6. The van der Waals surface area contributed by atoms with Crippen molar-refractivity contribution in [3.05, 3.63) is 54.1 Å². The molecule has 0 bridgehead atoms. The van der Waals surface area contributed by atoms with Crippen molar-refractivity contribution in [1.82, 2.24) is 0 Å². The van der Waals surface area contributed by atoms with E-state index in [9.17, 15) is 30.0 Å². The van der Waals surface area contributed by atoms with Crippen LogP contribution in [-0.2, 0) is 25.9 Å². The van der Waals surface area contributed by atoms with Crippen molar-refractivity contribution in [2.75, 3.05) is 23.9 Å². The second-order valence-corrected chi connectivity index (χ2v) is 9.66. The number of anilines is 1. The molecule has 1 N–H and O–H groups in total. The van der Waals surface area contributed by atoms with Crippen LogP contribution in [0.5, 0.6) is 0 Å². The molecule has 0 atom stereocenters. The molecule has 10 heteroatoms. The first-order valence-corrected chi connectivity index (χ1v) is 10.9. The third-order valence-electron chi connectivity index (χ3n) is 3.51. The smallest absolute Gasteiger partial charge is 0.384 e. The lowest BCUT2D eigenvalue weighted by Crippen LogP contribution is -2.18. The number of sulfone groups is 2. The number of nitrogens with one attached hydrogen (secondary N) is 1. The van der Waals surface area contributed by atoms with Gasteiger partial charge in [0.1, 0.15) is 0 Å². The summed E-state index contributed by atoms with van der Waals surface area (Å²) >= 11 is 0. The van der Waals surface area contributed by atoms with E-state index in [4.69, 9.17) is 0 Å². The van der Waals surface area contributed by atoms with E-state index >= 15 is 0 Å². The highest BCUT2D eigenvalue weighted by atomic mass is 32.2. The molecular formula is C16H16F3NO4S2. The second-order valence-electron chi connectivity index (χ2n) is 5.54. The molecule has 0 amide bonds. The minimum Gasteiger partial charge on any atom is -0.384 e. The van der Waals surface area contributed by atoms with Crippen LogP contribution in [0.15, 0.2) is 58.3 Å². The Morgan fingerprint density at radius 3 is 2.08 bits per heavy atom. The van der Waals surface area contributed by atoms with E-state index in [2.05, 4.69) is 5.32 Å². The quantitative estimate of drug-likeness (QED) is 0.796. The van der Waals surface area contributed by atoms with Crippen LogP contribution in [0.25, 0.3) is 0 Å². The number of halogens is 3. The van der Waals surface area contributed by atoms with Gasteiger partial charge in [-0.05, 0) is 30.3 Å². The summed E-state index contributed by atoms with van der Waals surface area (Å²) in [4.78, 5) is -0.391. The normalized spacial score (nSPS) is 12.8. The SMILES string of the molecule is CS(=O)(=O)c1ccc(NCCS(=O)(=O)c2ccccc2)c(C(F)(F)F)c1. The first-order valence-electron chi connectivity index (χ1n) is 7.34. The number of alkyl halides is 3.